The second-order valence-electron chi connectivity index (χ2n) is 6.69. The van der Waals surface area contributed by atoms with Crippen molar-refractivity contribution in [2.24, 2.45) is 5.92 Å². The second-order valence-corrected chi connectivity index (χ2v) is 6.69. The van der Waals surface area contributed by atoms with E-state index in [0.717, 1.165) is 36.6 Å². The molecule has 0 unspecified atom stereocenters. The van der Waals surface area contributed by atoms with E-state index in [4.69, 9.17) is 0 Å². The van der Waals surface area contributed by atoms with Crippen LogP contribution in [0.2, 0.25) is 0 Å². The van der Waals surface area contributed by atoms with Crippen LogP contribution in [0.3, 0.4) is 0 Å². The van der Waals surface area contributed by atoms with Crippen LogP contribution in [0.1, 0.15) is 42.5 Å². The van der Waals surface area contributed by atoms with E-state index in [2.05, 4.69) is 4.98 Å². The molecule has 2 heterocycles. The lowest BCUT2D eigenvalue weighted by Gasteiger charge is -2.33. The smallest absolute Gasteiger partial charge is 0.326 e. The monoisotopic (exact) mass is 312 g/mol. The fraction of sp³-hybridized carbons (Fsp3) is 0.444. The van der Waals surface area contributed by atoms with Gasteiger partial charge in [-0.3, -0.25) is 4.79 Å². The summed E-state index contributed by atoms with van der Waals surface area (Å²) in [6, 6.07) is 6.84. The van der Waals surface area contributed by atoms with Gasteiger partial charge in [-0.2, -0.15) is 0 Å². The fourth-order valence-corrected chi connectivity index (χ4v) is 4.31. The minimum atomic E-state index is -0.879. The Labute approximate surface area is 134 Å². The molecule has 1 saturated carbocycles. The molecule has 1 saturated heterocycles. The first-order valence-electron chi connectivity index (χ1n) is 8.28. The molecule has 0 radical (unpaired) electrons. The summed E-state index contributed by atoms with van der Waals surface area (Å²) < 4.78 is 0. The van der Waals surface area contributed by atoms with E-state index in [0.29, 0.717) is 17.9 Å². The third kappa shape index (κ3) is 2.31. The molecule has 23 heavy (non-hydrogen) atoms. The quantitative estimate of drug-likeness (QED) is 0.895. The Balaban J connectivity index is 1.70. The second kappa shape index (κ2) is 5.41. The number of fused-ring (bicyclic) bond motifs is 2. The summed E-state index contributed by atoms with van der Waals surface area (Å²) >= 11 is 0. The first kappa shape index (κ1) is 14.3. The fourth-order valence-electron chi connectivity index (χ4n) is 4.31. The molecule has 1 aliphatic carbocycles. The number of aromatic nitrogens is 1. The Hall–Kier alpha value is -2.30. The number of aromatic amines is 1. The third-order valence-corrected chi connectivity index (χ3v) is 5.41. The van der Waals surface area contributed by atoms with Gasteiger partial charge in [0.1, 0.15) is 6.04 Å². The molecule has 1 amide bonds. The molecule has 5 nitrogen and oxygen atoms in total. The van der Waals surface area contributed by atoms with Crippen molar-refractivity contribution in [3.8, 4) is 0 Å². The van der Waals surface area contributed by atoms with Crippen LogP contribution in [0.25, 0.3) is 10.9 Å². The number of carbonyl (C=O) groups is 2. The van der Waals surface area contributed by atoms with Crippen molar-refractivity contribution in [1.82, 2.24) is 9.88 Å². The average molecular weight is 312 g/mol. The van der Waals surface area contributed by atoms with Crippen LogP contribution in [-0.4, -0.2) is 39.0 Å². The highest BCUT2D eigenvalue weighted by molar-refractivity contribution is 6.00. The lowest BCUT2D eigenvalue weighted by molar-refractivity contribution is -0.141. The van der Waals surface area contributed by atoms with Crippen LogP contribution in [0.15, 0.2) is 30.5 Å². The molecule has 0 bridgehead atoms. The summed E-state index contributed by atoms with van der Waals surface area (Å²) in [5, 5.41) is 10.5. The van der Waals surface area contributed by atoms with Gasteiger partial charge >= 0.3 is 5.97 Å². The Morgan fingerprint density at radius 3 is 2.83 bits per heavy atom. The number of carboxylic acids is 1. The Kier molecular flexibility index (Phi) is 3.36. The van der Waals surface area contributed by atoms with Gasteiger partial charge in [0.15, 0.2) is 0 Å². The standard InChI is InChI=1S/C18H20N2O3/c21-17(13-5-6-14-11(9-13)7-8-19-14)20-15-4-2-1-3-12(15)10-16(20)18(22)23/h5-9,12,15-16,19H,1-4,10H2,(H,22,23)/t12-,15+,16+/m1/s1. The van der Waals surface area contributed by atoms with Crippen molar-refractivity contribution in [3.05, 3.63) is 36.0 Å². The molecule has 2 N–H and O–H groups in total. The van der Waals surface area contributed by atoms with Gasteiger partial charge in [-0.25, -0.2) is 4.79 Å². The lowest BCUT2D eigenvalue weighted by Crippen LogP contribution is -2.46. The number of carbonyl (C=O) groups excluding carboxylic acids is 1. The van der Waals surface area contributed by atoms with E-state index in [1.54, 1.807) is 11.0 Å². The highest BCUT2D eigenvalue weighted by Gasteiger charge is 2.47. The Morgan fingerprint density at radius 1 is 1.17 bits per heavy atom. The number of hydrogen-bond donors (Lipinski definition) is 2. The van der Waals surface area contributed by atoms with E-state index in [1.165, 1.54) is 0 Å². The Bertz CT molecular complexity index is 766. The van der Waals surface area contributed by atoms with E-state index in [-0.39, 0.29) is 11.9 Å². The predicted octanol–water partition coefficient (Wildman–Crippen LogP) is 3.03. The summed E-state index contributed by atoms with van der Waals surface area (Å²) in [5.74, 6) is -0.685. The SMILES string of the molecule is O=C(O)[C@@H]1C[C@H]2CCCC[C@@H]2N1C(=O)c1ccc2[nH]ccc2c1. The number of aliphatic carboxylic acids is 1. The molecule has 1 aromatic heterocycles. The zero-order chi connectivity index (χ0) is 16.0. The predicted molar refractivity (Wildman–Crippen MR) is 86.3 cm³/mol. The van der Waals surface area contributed by atoms with Crippen molar-refractivity contribution in [1.29, 1.82) is 0 Å². The van der Waals surface area contributed by atoms with E-state index >= 15 is 0 Å². The van der Waals surface area contributed by atoms with Crippen molar-refractivity contribution < 1.29 is 14.7 Å². The maximum atomic E-state index is 13.0. The highest BCUT2D eigenvalue weighted by Crippen LogP contribution is 2.40. The molecule has 1 aliphatic heterocycles. The molecule has 1 aromatic carbocycles. The topological polar surface area (TPSA) is 73.4 Å². The molecule has 2 aromatic rings. The number of nitrogens with one attached hydrogen (secondary N) is 1. The van der Waals surface area contributed by atoms with Crippen LogP contribution in [0.5, 0.6) is 0 Å². The van der Waals surface area contributed by atoms with Crippen LogP contribution in [0.4, 0.5) is 0 Å². The minimum absolute atomic E-state index is 0.0827. The number of carboxylic acid groups (broad SMARTS) is 1. The summed E-state index contributed by atoms with van der Waals surface area (Å²) in [7, 11) is 0. The van der Waals surface area contributed by atoms with Gasteiger partial charge in [0.05, 0.1) is 0 Å². The molecule has 2 aliphatic rings. The molecule has 5 heteroatoms. The molecule has 3 atom stereocenters. The third-order valence-electron chi connectivity index (χ3n) is 5.41. The van der Waals surface area contributed by atoms with E-state index in [9.17, 15) is 14.7 Å². The number of H-pyrrole nitrogens is 1. The summed E-state index contributed by atoms with van der Waals surface area (Å²) in [4.78, 5) is 29.5. The summed E-state index contributed by atoms with van der Waals surface area (Å²) in [6.07, 6.45) is 6.62. The van der Waals surface area contributed by atoms with Crippen molar-refractivity contribution in [3.63, 3.8) is 0 Å². The van der Waals surface area contributed by atoms with Gasteiger partial charge in [0, 0.05) is 28.7 Å². The first-order chi connectivity index (χ1) is 11.1. The molecular weight excluding hydrogens is 292 g/mol. The zero-order valence-electron chi connectivity index (χ0n) is 12.9. The molecule has 2 fully saturated rings. The molecular formula is C18H20N2O3. The molecule has 0 spiro atoms. The molecule has 120 valence electrons. The first-order valence-corrected chi connectivity index (χ1v) is 8.28. The normalized spacial score (nSPS) is 27.1. The van der Waals surface area contributed by atoms with Gasteiger partial charge in [-0.1, -0.05) is 12.8 Å². The number of likely N-dealkylation sites (tertiary alicyclic amines) is 1. The largest absolute Gasteiger partial charge is 0.480 e. The number of benzene rings is 1. The lowest BCUT2D eigenvalue weighted by atomic mass is 9.84. The summed E-state index contributed by atoms with van der Waals surface area (Å²) in [5.41, 5.74) is 1.56. The van der Waals surface area contributed by atoms with E-state index in [1.807, 2.05) is 24.4 Å². The number of amides is 1. The number of nitrogens with zero attached hydrogens (tertiary/aromatic N) is 1. The van der Waals surface area contributed by atoms with Crippen LogP contribution >= 0.6 is 0 Å². The van der Waals surface area contributed by atoms with E-state index < -0.39 is 12.0 Å². The number of rotatable bonds is 2. The van der Waals surface area contributed by atoms with Crippen molar-refractivity contribution >= 4 is 22.8 Å². The van der Waals surface area contributed by atoms with Gasteiger partial charge in [0.25, 0.3) is 5.91 Å². The number of hydrogen-bond acceptors (Lipinski definition) is 2. The van der Waals surface area contributed by atoms with Crippen LogP contribution < -0.4 is 0 Å². The van der Waals surface area contributed by atoms with Gasteiger partial charge < -0.3 is 15.0 Å². The maximum absolute atomic E-state index is 13.0. The van der Waals surface area contributed by atoms with Crippen molar-refractivity contribution in [2.45, 2.75) is 44.2 Å². The average Bonchev–Trinajstić information content (AvgIpc) is 3.17. The van der Waals surface area contributed by atoms with Gasteiger partial charge in [-0.05, 0) is 49.4 Å². The van der Waals surface area contributed by atoms with Gasteiger partial charge in [-0.15, -0.1) is 0 Å². The highest BCUT2D eigenvalue weighted by atomic mass is 16.4. The maximum Gasteiger partial charge on any atom is 0.326 e. The minimum Gasteiger partial charge on any atom is -0.480 e. The summed E-state index contributed by atoms with van der Waals surface area (Å²) in [6.45, 7) is 0. The van der Waals surface area contributed by atoms with Gasteiger partial charge in [0.2, 0.25) is 0 Å². The zero-order valence-corrected chi connectivity index (χ0v) is 12.9. The molecule has 4 rings (SSSR count). The van der Waals surface area contributed by atoms with Crippen molar-refractivity contribution in [2.75, 3.05) is 0 Å². The van der Waals surface area contributed by atoms with Crippen LogP contribution in [-0.2, 0) is 4.79 Å². The van der Waals surface area contributed by atoms with Crippen LogP contribution in [0, 0.1) is 5.92 Å². The Morgan fingerprint density at radius 2 is 2.00 bits per heavy atom.